The summed E-state index contributed by atoms with van der Waals surface area (Å²) in [6, 6.07) is 3.40. The zero-order chi connectivity index (χ0) is 13.8. The number of anilines is 1. The molecule has 7 nitrogen and oxygen atoms in total. The van der Waals surface area contributed by atoms with Gasteiger partial charge in [0.25, 0.3) is 0 Å². The lowest BCUT2D eigenvalue weighted by molar-refractivity contribution is -0.138. The molecule has 19 heavy (non-hydrogen) atoms. The number of carboxylic acids is 1. The Bertz CT molecular complexity index is 466. The largest absolute Gasteiger partial charge is 0.480 e. The minimum absolute atomic E-state index is 0.0713. The molecule has 0 atom stereocenters. The van der Waals surface area contributed by atoms with E-state index in [4.69, 9.17) is 10.8 Å². The fourth-order valence-corrected chi connectivity index (χ4v) is 2.05. The molecule has 0 aliphatic carbocycles. The Balaban J connectivity index is 1.94. The summed E-state index contributed by atoms with van der Waals surface area (Å²) in [6.45, 7) is 2.88. The Morgan fingerprint density at radius 1 is 1.26 bits per heavy atom. The molecule has 1 fully saturated rings. The standard InChI is InChI=1S/C12H16N4O3/c13-12(19)9-1-2-10(14-7-9)16-5-3-15(4-6-16)8-11(17)18/h1-2,7H,3-6,8H2,(H2,13,19)(H,17,18). The molecule has 1 amide bonds. The van der Waals surface area contributed by atoms with Gasteiger partial charge in [-0.2, -0.15) is 0 Å². The fourth-order valence-electron chi connectivity index (χ4n) is 2.05. The van der Waals surface area contributed by atoms with Gasteiger partial charge in [-0.25, -0.2) is 4.98 Å². The van der Waals surface area contributed by atoms with Crippen LogP contribution < -0.4 is 10.6 Å². The molecular weight excluding hydrogens is 248 g/mol. The molecule has 0 aromatic carbocycles. The minimum atomic E-state index is -0.808. The number of piperazine rings is 1. The zero-order valence-corrected chi connectivity index (χ0v) is 10.5. The topological polar surface area (TPSA) is 99.8 Å². The molecule has 3 N–H and O–H groups in total. The lowest BCUT2D eigenvalue weighted by atomic mass is 10.2. The number of pyridine rings is 1. The Labute approximate surface area is 110 Å². The highest BCUT2D eigenvalue weighted by atomic mass is 16.4. The molecule has 1 aliphatic heterocycles. The fraction of sp³-hybridized carbons (Fsp3) is 0.417. The molecular formula is C12H16N4O3. The van der Waals surface area contributed by atoms with E-state index in [0.29, 0.717) is 18.7 Å². The highest BCUT2D eigenvalue weighted by molar-refractivity contribution is 5.92. The maximum atomic E-state index is 10.9. The second-order valence-electron chi connectivity index (χ2n) is 4.43. The average Bonchev–Trinajstić information content (AvgIpc) is 2.39. The first-order chi connectivity index (χ1) is 9.06. The molecule has 0 bridgehead atoms. The van der Waals surface area contributed by atoms with Crippen LogP contribution in [0.25, 0.3) is 0 Å². The predicted molar refractivity (Wildman–Crippen MR) is 69.0 cm³/mol. The van der Waals surface area contributed by atoms with Crippen LogP contribution in [0.5, 0.6) is 0 Å². The van der Waals surface area contributed by atoms with Crippen molar-refractivity contribution in [3.8, 4) is 0 Å². The van der Waals surface area contributed by atoms with Crippen molar-refractivity contribution in [2.24, 2.45) is 5.73 Å². The van der Waals surface area contributed by atoms with Crippen molar-refractivity contribution in [1.82, 2.24) is 9.88 Å². The van der Waals surface area contributed by atoms with E-state index in [1.165, 1.54) is 6.20 Å². The summed E-state index contributed by atoms with van der Waals surface area (Å²) in [7, 11) is 0. The Morgan fingerprint density at radius 2 is 1.95 bits per heavy atom. The smallest absolute Gasteiger partial charge is 0.317 e. The van der Waals surface area contributed by atoms with Crippen LogP contribution in [0, 0.1) is 0 Å². The van der Waals surface area contributed by atoms with E-state index in [0.717, 1.165) is 18.9 Å². The number of carboxylic acid groups (broad SMARTS) is 1. The summed E-state index contributed by atoms with van der Waals surface area (Å²) < 4.78 is 0. The van der Waals surface area contributed by atoms with Crippen LogP contribution in [0.15, 0.2) is 18.3 Å². The van der Waals surface area contributed by atoms with Crippen molar-refractivity contribution in [3.05, 3.63) is 23.9 Å². The molecule has 2 heterocycles. The summed E-state index contributed by atoms with van der Waals surface area (Å²) >= 11 is 0. The highest BCUT2D eigenvalue weighted by Gasteiger charge is 2.19. The van der Waals surface area contributed by atoms with E-state index in [9.17, 15) is 9.59 Å². The number of carbonyl (C=O) groups is 2. The predicted octanol–water partition coefficient (Wildman–Crippen LogP) is -0.613. The molecule has 0 radical (unpaired) electrons. The van der Waals surface area contributed by atoms with Gasteiger partial charge in [0.05, 0.1) is 12.1 Å². The van der Waals surface area contributed by atoms with Crippen molar-refractivity contribution in [1.29, 1.82) is 0 Å². The van der Waals surface area contributed by atoms with Crippen molar-refractivity contribution >= 4 is 17.7 Å². The second-order valence-corrected chi connectivity index (χ2v) is 4.43. The van der Waals surface area contributed by atoms with Crippen LogP contribution in [0.2, 0.25) is 0 Å². The van der Waals surface area contributed by atoms with Gasteiger partial charge in [0, 0.05) is 32.4 Å². The Morgan fingerprint density at radius 3 is 2.42 bits per heavy atom. The van der Waals surface area contributed by atoms with E-state index >= 15 is 0 Å². The third-order valence-electron chi connectivity index (χ3n) is 3.09. The van der Waals surface area contributed by atoms with Gasteiger partial charge in [0.15, 0.2) is 0 Å². The molecule has 1 aromatic rings. The summed E-state index contributed by atoms with van der Waals surface area (Å²) in [5, 5.41) is 8.72. The van der Waals surface area contributed by atoms with Gasteiger partial charge in [0.2, 0.25) is 5.91 Å². The zero-order valence-electron chi connectivity index (χ0n) is 10.5. The number of aliphatic carboxylic acids is 1. The van der Waals surface area contributed by atoms with Crippen LogP contribution in [0.3, 0.4) is 0 Å². The molecule has 2 rings (SSSR count). The second kappa shape index (κ2) is 5.66. The molecule has 1 aliphatic rings. The first-order valence-corrected chi connectivity index (χ1v) is 6.01. The number of hydrogen-bond donors (Lipinski definition) is 2. The van der Waals surface area contributed by atoms with Crippen LogP contribution in [0.1, 0.15) is 10.4 Å². The number of nitrogens with zero attached hydrogens (tertiary/aromatic N) is 3. The maximum absolute atomic E-state index is 10.9. The van der Waals surface area contributed by atoms with Crippen molar-refractivity contribution in [3.63, 3.8) is 0 Å². The lowest BCUT2D eigenvalue weighted by Gasteiger charge is -2.34. The van der Waals surface area contributed by atoms with Gasteiger partial charge >= 0.3 is 5.97 Å². The summed E-state index contributed by atoms with van der Waals surface area (Å²) in [4.78, 5) is 29.7. The van der Waals surface area contributed by atoms with Crippen molar-refractivity contribution < 1.29 is 14.7 Å². The van der Waals surface area contributed by atoms with E-state index in [1.807, 2.05) is 4.90 Å². The van der Waals surface area contributed by atoms with Crippen LogP contribution in [-0.2, 0) is 4.79 Å². The molecule has 0 spiro atoms. The third kappa shape index (κ3) is 3.41. The number of rotatable bonds is 4. The number of primary amides is 1. The molecule has 1 aromatic heterocycles. The summed E-state index contributed by atoms with van der Waals surface area (Å²) in [5.74, 6) is -0.525. The minimum Gasteiger partial charge on any atom is -0.480 e. The number of nitrogens with two attached hydrogens (primary N) is 1. The summed E-state index contributed by atoms with van der Waals surface area (Å²) in [6.07, 6.45) is 1.46. The Kier molecular flexibility index (Phi) is 3.96. The van der Waals surface area contributed by atoms with Gasteiger partial charge in [-0.15, -0.1) is 0 Å². The van der Waals surface area contributed by atoms with Gasteiger partial charge in [0.1, 0.15) is 5.82 Å². The van der Waals surface area contributed by atoms with Crippen molar-refractivity contribution in [2.45, 2.75) is 0 Å². The average molecular weight is 264 g/mol. The van der Waals surface area contributed by atoms with E-state index in [-0.39, 0.29) is 6.54 Å². The lowest BCUT2D eigenvalue weighted by Crippen LogP contribution is -2.48. The number of aromatic nitrogens is 1. The van der Waals surface area contributed by atoms with Gasteiger partial charge in [-0.3, -0.25) is 14.5 Å². The molecule has 1 saturated heterocycles. The molecule has 0 saturated carbocycles. The van der Waals surface area contributed by atoms with Gasteiger partial charge in [-0.05, 0) is 12.1 Å². The van der Waals surface area contributed by atoms with Gasteiger partial charge < -0.3 is 15.7 Å². The number of hydrogen-bond acceptors (Lipinski definition) is 5. The Hall–Kier alpha value is -2.15. The van der Waals surface area contributed by atoms with Crippen LogP contribution in [-0.4, -0.2) is 59.6 Å². The third-order valence-corrected chi connectivity index (χ3v) is 3.09. The SMILES string of the molecule is NC(=O)c1ccc(N2CCN(CC(=O)O)CC2)nc1. The maximum Gasteiger partial charge on any atom is 0.317 e. The highest BCUT2D eigenvalue weighted by Crippen LogP contribution is 2.13. The van der Waals surface area contributed by atoms with Crippen LogP contribution in [0.4, 0.5) is 5.82 Å². The number of amides is 1. The van der Waals surface area contributed by atoms with E-state index in [1.54, 1.807) is 12.1 Å². The monoisotopic (exact) mass is 264 g/mol. The van der Waals surface area contributed by atoms with Crippen LogP contribution >= 0.6 is 0 Å². The summed E-state index contributed by atoms with van der Waals surface area (Å²) in [5.41, 5.74) is 5.53. The van der Waals surface area contributed by atoms with Crippen molar-refractivity contribution in [2.75, 3.05) is 37.6 Å². The normalized spacial score (nSPS) is 16.3. The molecule has 102 valence electrons. The number of carbonyl (C=O) groups excluding carboxylic acids is 1. The first-order valence-electron chi connectivity index (χ1n) is 6.01. The first kappa shape index (κ1) is 13.3. The molecule has 7 heteroatoms. The quantitative estimate of drug-likeness (QED) is 0.752. The van der Waals surface area contributed by atoms with E-state index < -0.39 is 11.9 Å². The molecule has 0 unspecified atom stereocenters. The van der Waals surface area contributed by atoms with E-state index in [2.05, 4.69) is 9.88 Å². The van der Waals surface area contributed by atoms with Gasteiger partial charge in [-0.1, -0.05) is 0 Å².